The van der Waals surface area contributed by atoms with E-state index in [1.807, 2.05) is 62.4 Å². The first kappa shape index (κ1) is 15.5. The predicted molar refractivity (Wildman–Crippen MR) is 87.6 cm³/mol. The maximum absolute atomic E-state index is 6.07. The van der Waals surface area contributed by atoms with Crippen LogP contribution in [-0.2, 0) is 0 Å². The normalized spacial score (nSPS) is 11.8. The second kappa shape index (κ2) is 7.79. The summed E-state index contributed by atoms with van der Waals surface area (Å²) in [6.07, 6.45) is 0.0106. The summed E-state index contributed by atoms with van der Waals surface area (Å²) >= 11 is 6.07. The third-order valence-electron chi connectivity index (χ3n) is 2.92. The molecule has 0 saturated carbocycles. The number of ether oxygens (including phenoxy) is 2. The van der Waals surface area contributed by atoms with Gasteiger partial charge in [-0.2, -0.15) is 0 Å². The van der Waals surface area contributed by atoms with E-state index in [0.29, 0.717) is 23.9 Å². The molecule has 1 unspecified atom stereocenters. The molecule has 2 rings (SSSR count). The monoisotopic (exact) mass is 305 g/mol. The molecule has 0 aliphatic heterocycles. The Labute approximate surface area is 130 Å². The summed E-state index contributed by atoms with van der Waals surface area (Å²) < 4.78 is 11.2. The average Bonchev–Trinajstić information content (AvgIpc) is 2.49. The van der Waals surface area contributed by atoms with Crippen LogP contribution in [0, 0.1) is 0 Å². The lowest BCUT2D eigenvalue weighted by Crippen LogP contribution is -2.22. The van der Waals surface area contributed by atoms with Gasteiger partial charge in [0.15, 0.2) is 0 Å². The van der Waals surface area contributed by atoms with Crippen molar-refractivity contribution in [2.24, 2.45) is 0 Å². The van der Waals surface area contributed by atoms with Crippen LogP contribution in [0.1, 0.15) is 13.8 Å². The number of para-hydroxylation sites is 1. The summed E-state index contributed by atoms with van der Waals surface area (Å²) in [7, 11) is 0. The third kappa shape index (κ3) is 4.87. The second-order valence-electron chi connectivity index (χ2n) is 4.70. The average molecular weight is 306 g/mol. The highest BCUT2D eigenvalue weighted by Crippen LogP contribution is 2.24. The predicted octanol–water partition coefficient (Wildman–Crippen LogP) is 4.62. The van der Waals surface area contributed by atoms with Gasteiger partial charge in [-0.25, -0.2) is 0 Å². The van der Waals surface area contributed by atoms with Crippen molar-refractivity contribution < 1.29 is 9.47 Å². The van der Waals surface area contributed by atoms with Crippen molar-refractivity contribution in [3.63, 3.8) is 0 Å². The minimum Gasteiger partial charge on any atom is -0.494 e. The minimum atomic E-state index is 0.0106. The van der Waals surface area contributed by atoms with Gasteiger partial charge < -0.3 is 14.8 Å². The van der Waals surface area contributed by atoms with E-state index in [1.54, 1.807) is 0 Å². The van der Waals surface area contributed by atoms with Crippen molar-refractivity contribution >= 4 is 17.3 Å². The molecule has 2 aromatic rings. The Morgan fingerprint density at radius 2 is 1.81 bits per heavy atom. The first-order valence-corrected chi connectivity index (χ1v) is 7.44. The Kier molecular flexibility index (Phi) is 5.76. The number of nitrogens with one attached hydrogen (secondary N) is 1. The van der Waals surface area contributed by atoms with Gasteiger partial charge in [0, 0.05) is 5.69 Å². The van der Waals surface area contributed by atoms with E-state index < -0.39 is 0 Å². The van der Waals surface area contributed by atoms with Gasteiger partial charge in [0.2, 0.25) is 0 Å². The molecular weight excluding hydrogens is 286 g/mol. The number of hydrogen-bond acceptors (Lipinski definition) is 3. The molecule has 0 radical (unpaired) electrons. The van der Waals surface area contributed by atoms with Crippen LogP contribution in [0.3, 0.4) is 0 Å². The van der Waals surface area contributed by atoms with Crippen LogP contribution in [0.15, 0.2) is 48.5 Å². The third-order valence-corrected chi connectivity index (χ3v) is 3.24. The topological polar surface area (TPSA) is 30.5 Å². The van der Waals surface area contributed by atoms with E-state index >= 15 is 0 Å². The first-order valence-electron chi connectivity index (χ1n) is 7.07. The smallest absolute Gasteiger partial charge is 0.138 e. The summed E-state index contributed by atoms with van der Waals surface area (Å²) in [6, 6.07) is 15.4. The molecule has 4 heteroatoms. The summed E-state index contributed by atoms with van der Waals surface area (Å²) in [4.78, 5) is 0. The van der Waals surface area contributed by atoms with E-state index in [2.05, 4.69) is 5.32 Å². The first-order chi connectivity index (χ1) is 10.2. The number of anilines is 1. The van der Waals surface area contributed by atoms with Crippen LogP contribution >= 0.6 is 11.6 Å². The molecular formula is C17H20ClNO2. The van der Waals surface area contributed by atoms with Crippen molar-refractivity contribution in [2.45, 2.75) is 20.0 Å². The summed E-state index contributed by atoms with van der Waals surface area (Å²) in [5.41, 5.74) is 1.04. The number of rotatable bonds is 7. The molecule has 0 aromatic heterocycles. The zero-order chi connectivity index (χ0) is 15.1. The van der Waals surface area contributed by atoms with Crippen molar-refractivity contribution in [3.05, 3.63) is 53.6 Å². The van der Waals surface area contributed by atoms with Gasteiger partial charge in [0.1, 0.15) is 17.6 Å². The maximum atomic E-state index is 6.07. The molecule has 0 amide bonds. The van der Waals surface area contributed by atoms with Gasteiger partial charge in [0.05, 0.1) is 18.2 Å². The van der Waals surface area contributed by atoms with Crippen LogP contribution in [0.4, 0.5) is 5.69 Å². The van der Waals surface area contributed by atoms with Gasteiger partial charge in [-0.15, -0.1) is 0 Å². The molecule has 0 fully saturated rings. The molecule has 112 valence electrons. The number of benzene rings is 2. The van der Waals surface area contributed by atoms with Crippen LogP contribution in [0.5, 0.6) is 11.5 Å². The molecule has 0 bridgehead atoms. The molecule has 1 N–H and O–H groups in total. The minimum absolute atomic E-state index is 0.0106. The van der Waals surface area contributed by atoms with E-state index in [4.69, 9.17) is 21.1 Å². The van der Waals surface area contributed by atoms with Gasteiger partial charge in [0.25, 0.3) is 0 Å². The summed E-state index contributed by atoms with van der Waals surface area (Å²) in [5, 5.41) is 3.96. The summed E-state index contributed by atoms with van der Waals surface area (Å²) in [6.45, 7) is 5.35. The number of hydrogen-bond donors (Lipinski definition) is 1. The fraction of sp³-hybridized carbons (Fsp3) is 0.294. The standard InChI is InChI=1S/C17H20ClNO2/c1-3-20-15-10-8-14(9-11-15)19-12-13(2)21-17-7-5-4-6-16(17)18/h4-11,13,19H,3,12H2,1-2H3. The van der Waals surface area contributed by atoms with Gasteiger partial charge in [-0.3, -0.25) is 0 Å². The van der Waals surface area contributed by atoms with Crippen molar-refractivity contribution in [3.8, 4) is 11.5 Å². The zero-order valence-corrected chi connectivity index (χ0v) is 13.1. The molecule has 3 nitrogen and oxygen atoms in total. The van der Waals surface area contributed by atoms with Gasteiger partial charge in [-0.1, -0.05) is 23.7 Å². The largest absolute Gasteiger partial charge is 0.494 e. The molecule has 0 aliphatic rings. The fourth-order valence-electron chi connectivity index (χ4n) is 1.90. The van der Waals surface area contributed by atoms with E-state index in [1.165, 1.54) is 0 Å². The van der Waals surface area contributed by atoms with E-state index in [9.17, 15) is 0 Å². The molecule has 0 aliphatic carbocycles. The van der Waals surface area contributed by atoms with Crippen LogP contribution in [-0.4, -0.2) is 19.3 Å². The fourth-order valence-corrected chi connectivity index (χ4v) is 2.08. The Morgan fingerprint density at radius 3 is 2.48 bits per heavy atom. The van der Waals surface area contributed by atoms with Crippen LogP contribution < -0.4 is 14.8 Å². The zero-order valence-electron chi connectivity index (χ0n) is 12.3. The second-order valence-corrected chi connectivity index (χ2v) is 5.10. The molecule has 0 heterocycles. The van der Waals surface area contributed by atoms with Crippen LogP contribution in [0.25, 0.3) is 0 Å². The van der Waals surface area contributed by atoms with E-state index in [-0.39, 0.29) is 6.10 Å². The lowest BCUT2D eigenvalue weighted by Gasteiger charge is -2.17. The van der Waals surface area contributed by atoms with Crippen molar-refractivity contribution in [1.29, 1.82) is 0 Å². The van der Waals surface area contributed by atoms with Crippen molar-refractivity contribution in [2.75, 3.05) is 18.5 Å². The Bertz CT molecular complexity index is 557. The van der Waals surface area contributed by atoms with Gasteiger partial charge >= 0.3 is 0 Å². The van der Waals surface area contributed by atoms with E-state index in [0.717, 1.165) is 11.4 Å². The quantitative estimate of drug-likeness (QED) is 0.809. The number of halogens is 1. The highest BCUT2D eigenvalue weighted by Gasteiger charge is 2.06. The summed E-state index contributed by atoms with van der Waals surface area (Å²) in [5.74, 6) is 1.59. The highest BCUT2D eigenvalue weighted by atomic mass is 35.5. The lowest BCUT2D eigenvalue weighted by molar-refractivity contribution is 0.235. The Balaban J connectivity index is 1.83. The molecule has 0 saturated heterocycles. The van der Waals surface area contributed by atoms with Crippen LogP contribution in [0.2, 0.25) is 5.02 Å². The molecule has 0 spiro atoms. The van der Waals surface area contributed by atoms with Crippen molar-refractivity contribution in [1.82, 2.24) is 0 Å². The maximum Gasteiger partial charge on any atom is 0.138 e. The Hall–Kier alpha value is -1.87. The molecule has 1 atom stereocenters. The SMILES string of the molecule is CCOc1ccc(NCC(C)Oc2ccccc2Cl)cc1. The van der Waals surface area contributed by atoms with Gasteiger partial charge in [-0.05, 0) is 50.2 Å². The molecule has 2 aromatic carbocycles. The molecule has 21 heavy (non-hydrogen) atoms. The highest BCUT2D eigenvalue weighted by molar-refractivity contribution is 6.32. The lowest BCUT2D eigenvalue weighted by atomic mass is 10.3. The Morgan fingerprint density at radius 1 is 1.10 bits per heavy atom.